The lowest BCUT2D eigenvalue weighted by Gasteiger charge is -2.31. The van der Waals surface area contributed by atoms with Gasteiger partial charge < -0.3 is 9.64 Å². The molecule has 2 aliphatic heterocycles. The molecule has 8 heteroatoms. The normalized spacial score (nSPS) is 15.5. The quantitative estimate of drug-likeness (QED) is 0.702. The number of carbonyl (C=O) groups is 3. The molecule has 0 unspecified atom stereocenters. The average molecular weight is 414 g/mol. The van der Waals surface area contributed by atoms with Crippen LogP contribution in [0.2, 0.25) is 0 Å². The molecule has 2 aromatic rings. The van der Waals surface area contributed by atoms with Crippen molar-refractivity contribution in [3.05, 3.63) is 58.7 Å². The molecule has 0 atom stereocenters. The van der Waals surface area contributed by atoms with Crippen molar-refractivity contribution in [2.45, 2.75) is 32.8 Å². The molecule has 0 aliphatic carbocycles. The predicted octanol–water partition coefficient (Wildman–Crippen LogP) is 3.56. The Kier molecular flexibility index (Phi) is 5.24. The minimum atomic E-state index is -3.00. The van der Waals surface area contributed by atoms with Gasteiger partial charge in [0.15, 0.2) is 0 Å². The fourth-order valence-corrected chi connectivity index (χ4v) is 4.01. The van der Waals surface area contributed by atoms with E-state index in [1.165, 1.54) is 11.0 Å². The molecule has 0 N–H and O–H groups in total. The summed E-state index contributed by atoms with van der Waals surface area (Å²) in [6, 6.07) is 9.83. The van der Waals surface area contributed by atoms with Crippen LogP contribution in [0.4, 0.5) is 14.5 Å². The van der Waals surface area contributed by atoms with Crippen LogP contribution < -0.4 is 9.64 Å². The SMILES string of the molecule is Cc1ccc2c(c1)C(=O)N(CCC(=O)N1CCCc3cccc(OC(F)F)c31)C2=O. The fraction of sp³-hybridized carbons (Fsp3) is 0.318. The van der Waals surface area contributed by atoms with Crippen molar-refractivity contribution in [3.8, 4) is 5.75 Å². The second kappa shape index (κ2) is 7.85. The minimum Gasteiger partial charge on any atom is -0.433 e. The number of carbonyl (C=O) groups excluding carboxylic acids is 3. The number of aryl methyl sites for hydroxylation is 2. The Labute approximate surface area is 172 Å². The van der Waals surface area contributed by atoms with E-state index in [4.69, 9.17) is 0 Å². The van der Waals surface area contributed by atoms with E-state index in [2.05, 4.69) is 4.74 Å². The number of alkyl halides is 2. The highest BCUT2D eigenvalue weighted by Crippen LogP contribution is 2.37. The topological polar surface area (TPSA) is 66.9 Å². The lowest BCUT2D eigenvalue weighted by atomic mass is 10.0. The van der Waals surface area contributed by atoms with Crippen LogP contribution in [-0.2, 0) is 11.2 Å². The molecule has 0 saturated carbocycles. The zero-order valence-corrected chi connectivity index (χ0v) is 16.4. The summed E-state index contributed by atoms with van der Waals surface area (Å²) in [5, 5.41) is 0. The number of halogens is 2. The average Bonchev–Trinajstić information content (AvgIpc) is 2.95. The van der Waals surface area contributed by atoms with Gasteiger partial charge in [-0.05, 0) is 43.5 Å². The minimum absolute atomic E-state index is 0.0493. The van der Waals surface area contributed by atoms with Crippen molar-refractivity contribution < 1.29 is 27.9 Å². The molecule has 4 rings (SSSR count). The van der Waals surface area contributed by atoms with Crippen LogP contribution in [0.5, 0.6) is 5.75 Å². The maximum atomic E-state index is 12.9. The third kappa shape index (κ3) is 3.53. The van der Waals surface area contributed by atoms with Gasteiger partial charge >= 0.3 is 6.61 Å². The van der Waals surface area contributed by atoms with Gasteiger partial charge in [0.25, 0.3) is 11.8 Å². The Morgan fingerprint density at radius 1 is 1.13 bits per heavy atom. The van der Waals surface area contributed by atoms with Gasteiger partial charge in [0.05, 0.1) is 16.8 Å². The van der Waals surface area contributed by atoms with Crippen LogP contribution in [0.1, 0.15) is 44.7 Å². The third-order valence-corrected chi connectivity index (χ3v) is 5.37. The van der Waals surface area contributed by atoms with Crippen molar-refractivity contribution >= 4 is 23.4 Å². The van der Waals surface area contributed by atoms with Gasteiger partial charge in [-0.15, -0.1) is 0 Å². The number of para-hydroxylation sites is 1. The van der Waals surface area contributed by atoms with E-state index < -0.39 is 18.4 Å². The zero-order valence-electron chi connectivity index (χ0n) is 16.4. The summed E-state index contributed by atoms with van der Waals surface area (Å²) >= 11 is 0. The van der Waals surface area contributed by atoms with E-state index in [0.717, 1.165) is 16.0 Å². The van der Waals surface area contributed by atoms with Gasteiger partial charge in [0.2, 0.25) is 5.91 Å². The standard InChI is InChI=1S/C22H20F2N2O4/c1-13-7-8-15-16(12-13)21(29)26(20(15)28)11-9-18(27)25-10-3-5-14-4-2-6-17(19(14)25)30-22(23)24/h2,4,6-8,12,22H,3,5,9-11H2,1H3. The maximum Gasteiger partial charge on any atom is 0.387 e. The molecule has 30 heavy (non-hydrogen) atoms. The highest BCUT2D eigenvalue weighted by molar-refractivity contribution is 6.21. The lowest BCUT2D eigenvalue weighted by molar-refractivity contribution is -0.118. The highest BCUT2D eigenvalue weighted by atomic mass is 19.3. The molecule has 0 aromatic heterocycles. The molecular weight excluding hydrogens is 394 g/mol. The van der Waals surface area contributed by atoms with Gasteiger partial charge in [0, 0.05) is 19.5 Å². The molecule has 6 nitrogen and oxygen atoms in total. The van der Waals surface area contributed by atoms with Crippen LogP contribution in [0.3, 0.4) is 0 Å². The summed E-state index contributed by atoms with van der Waals surface area (Å²) in [7, 11) is 0. The van der Waals surface area contributed by atoms with Gasteiger partial charge in [-0.3, -0.25) is 19.3 Å². The van der Waals surface area contributed by atoms with E-state index in [0.29, 0.717) is 36.2 Å². The second-order valence-corrected chi connectivity index (χ2v) is 7.35. The smallest absolute Gasteiger partial charge is 0.387 e. The number of anilines is 1. The summed E-state index contributed by atoms with van der Waals surface area (Å²) in [5.74, 6) is -1.25. The molecule has 2 heterocycles. The largest absolute Gasteiger partial charge is 0.433 e. The van der Waals surface area contributed by atoms with Crippen LogP contribution in [-0.4, -0.2) is 42.3 Å². The number of hydrogen-bond donors (Lipinski definition) is 0. The van der Waals surface area contributed by atoms with Crippen molar-refractivity contribution in [2.75, 3.05) is 18.0 Å². The van der Waals surface area contributed by atoms with Crippen LogP contribution in [0, 0.1) is 6.92 Å². The Morgan fingerprint density at radius 3 is 2.67 bits per heavy atom. The van der Waals surface area contributed by atoms with E-state index >= 15 is 0 Å². The van der Waals surface area contributed by atoms with Gasteiger partial charge in [-0.2, -0.15) is 8.78 Å². The summed E-state index contributed by atoms with van der Waals surface area (Å²) in [4.78, 5) is 40.6. The molecule has 2 aromatic carbocycles. The number of nitrogens with zero attached hydrogens (tertiary/aromatic N) is 2. The second-order valence-electron chi connectivity index (χ2n) is 7.35. The van der Waals surface area contributed by atoms with E-state index in [-0.39, 0.29) is 24.6 Å². The van der Waals surface area contributed by atoms with Crippen molar-refractivity contribution in [1.29, 1.82) is 0 Å². The zero-order chi connectivity index (χ0) is 21.4. The lowest BCUT2D eigenvalue weighted by Crippen LogP contribution is -2.39. The molecule has 2 aliphatic rings. The summed E-state index contributed by atoms with van der Waals surface area (Å²) in [6.07, 6.45) is 1.23. The fourth-order valence-electron chi connectivity index (χ4n) is 4.01. The Balaban J connectivity index is 1.51. The van der Waals surface area contributed by atoms with Gasteiger partial charge in [0.1, 0.15) is 5.75 Å². The first-order valence-corrected chi connectivity index (χ1v) is 9.70. The molecule has 0 spiro atoms. The van der Waals surface area contributed by atoms with Crippen molar-refractivity contribution in [3.63, 3.8) is 0 Å². The number of rotatable bonds is 5. The molecule has 0 saturated heterocycles. The van der Waals surface area contributed by atoms with E-state index in [9.17, 15) is 23.2 Å². The number of amides is 3. The van der Waals surface area contributed by atoms with Crippen molar-refractivity contribution in [2.24, 2.45) is 0 Å². The first-order valence-electron chi connectivity index (χ1n) is 9.70. The van der Waals surface area contributed by atoms with Gasteiger partial charge in [-0.1, -0.05) is 23.8 Å². The van der Waals surface area contributed by atoms with Gasteiger partial charge in [-0.25, -0.2) is 0 Å². The van der Waals surface area contributed by atoms with E-state index in [1.807, 2.05) is 6.92 Å². The van der Waals surface area contributed by atoms with Crippen molar-refractivity contribution in [1.82, 2.24) is 4.90 Å². The molecule has 156 valence electrons. The van der Waals surface area contributed by atoms with E-state index in [1.54, 1.807) is 30.3 Å². The number of benzene rings is 2. The van der Waals surface area contributed by atoms with Crippen LogP contribution >= 0.6 is 0 Å². The monoisotopic (exact) mass is 414 g/mol. The maximum absolute atomic E-state index is 12.9. The summed E-state index contributed by atoms with van der Waals surface area (Å²) < 4.78 is 30.2. The number of fused-ring (bicyclic) bond motifs is 2. The van der Waals surface area contributed by atoms with Crippen LogP contribution in [0.25, 0.3) is 0 Å². The highest BCUT2D eigenvalue weighted by Gasteiger charge is 2.36. The Bertz CT molecular complexity index is 1040. The molecular formula is C22H20F2N2O4. The first kappa shape index (κ1) is 20.0. The first-order chi connectivity index (χ1) is 14.4. The predicted molar refractivity (Wildman–Crippen MR) is 105 cm³/mol. The number of hydrogen-bond acceptors (Lipinski definition) is 4. The van der Waals surface area contributed by atoms with Crippen LogP contribution in [0.15, 0.2) is 36.4 Å². The molecule has 0 radical (unpaired) electrons. The Morgan fingerprint density at radius 2 is 1.90 bits per heavy atom. The molecule has 0 fully saturated rings. The molecule has 0 bridgehead atoms. The third-order valence-electron chi connectivity index (χ3n) is 5.37. The summed E-state index contributed by atoms with van der Waals surface area (Å²) in [6.45, 7) is -0.890. The Hall–Kier alpha value is -3.29. The molecule has 3 amide bonds. The number of imide groups is 1. The number of ether oxygens (including phenoxy) is 1. The summed E-state index contributed by atoms with van der Waals surface area (Å²) in [5.41, 5.74) is 2.62.